The first kappa shape index (κ1) is 18.2. The van der Waals surface area contributed by atoms with Gasteiger partial charge >= 0.3 is 12.1 Å². The number of aliphatic carboxylic acids is 1. The number of alkyl halides is 3. The molecule has 1 fully saturated rings. The van der Waals surface area contributed by atoms with Gasteiger partial charge in [0.1, 0.15) is 6.54 Å². The number of rotatable bonds is 6. The van der Waals surface area contributed by atoms with Crippen molar-refractivity contribution < 1.29 is 32.7 Å². The number of nitrogens with zero attached hydrogens (tertiary/aromatic N) is 1. The number of carboxylic acid groups (broad SMARTS) is 1. The SMILES string of the molecule is CC[C@](C)(CC(=O)O)NC(=O)[C@@H]1CC(=O)N(CC(F)(F)F)C1. The van der Waals surface area contributed by atoms with E-state index >= 15 is 0 Å². The maximum absolute atomic E-state index is 12.3. The van der Waals surface area contributed by atoms with E-state index in [-0.39, 0.29) is 19.4 Å². The number of hydrogen-bond donors (Lipinski definition) is 2. The van der Waals surface area contributed by atoms with Crippen LogP contribution < -0.4 is 5.32 Å². The summed E-state index contributed by atoms with van der Waals surface area (Å²) < 4.78 is 37.0. The van der Waals surface area contributed by atoms with Gasteiger partial charge in [-0.25, -0.2) is 0 Å². The van der Waals surface area contributed by atoms with Crippen LogP contribution in [0.25, 0.3) is 0 Å². The zero-order valence-electron chi connectivity index (χ0n) is 12.4. The summed E-state index contributed by atoms with van der Waals surface area (Å²) in [6.07, 6.45) is -4.77. The highest BCUT2D eigenvalue weighted by Crippen LogP contribution is 2.25. The molecule has 0 unspecified atom stereocenters. The number of carbonyl (C=O) groups is 3. The molecule has 2 N–H and O–H groups in total. The van der Waals surface area contributed by atoms with E-state index in [1.807, 2.05) is 0 Å². The quantitative estimate of drug-likeness (QED) is 0.767. The lowest BCUT2D eigenvalue weighted by atomic mass is 9.93. The Morgan fingerprint density at radius 3 is 2.45 bits per heavy atom. The van der Waals surface area contributed by atoms with Gasteiger partial charge in [-0.15, -0.1) is 0 Å². The van der Waals surface area contributed by atoms with Crippen LogP contribution in [-0.4, -0.2) is 52.6 Å². The number of carboxylic acids is 1. The largest absolute Gasteiger partial charge is 0.481 e. The van der Waals surface area contributed by atoms with Crippen molar-refractivity contribution in [1.29, 1.82) is 0 Å². The highest BCUT2D eigenvalue weighted by atomic mass is 19.4. The van der Waals surface area contributed by atoms with Gasteiger partial charge in [0.2, 0.25) is 11.8 Å². The predicted molar refractivity (Wildman–Crippen MR) is 69.8 cm³/mol. The number of halogens is 3. The van der Waals surface area contributed by atoms with E-state index in [0.29, 0.717) is 11.3 Å². The maximum Gasteiger partial charge on any atom is 0.406 e. The zero-order valence-corrected chi connectivity index (χ0v) is 12.4. The molecule has 2 atom stereocenters. The minimum absolute atomic E-state index is 0.297. The third-order valence-corrected chi connectivity index (χ3v) is 3.70. The van der Waals surface area contributed by atoms with Gasteiger partial charge in [0.25, 0.3) is 0 Å². The first-order chi connectivity index (χ1) is 9.96. The van der Waals surface area contributed by atoms with Crippen LogP contribution in [0.5, 0.6) is 0 Å². The second kappa shape index (κ2) is 6.53. The van der Waals surface area contributed by atoms with E-state index in [0.717, 1.165) is 0 Å². The fourth-order valence-electron chi connectivity index (χ4n) is 2.31. The monoisotopic (exact) mass is 324 g/mol. The number of nitrogens with one attached hydrogen (secondary N) is 1. The average molecular weight is 324 g/mol. The average Bonchev–Trinajstić information content (AvgIpc) is 2.67. The lowest BCUT2D eigenvalue weighted by Crippen LogP contribution is -2.49. The lowest BCUT2D eigenvalue weighted by Gasteiger charge is -2.29. The predicted octanol–water partition coefficient (Wildman–Crippen LogP) is 1.16. The Hall–Kier alpha value is -1.80. The molecular formula is C13H19F3N2O4. The number of carbonyl (C=O) groups excluding carboxylic acids is 2. The van der Waals surface area contributed by atoms with Crippen LogP contribution in [0.4, 0.5) is 13.2 Å². The van der Waals surface area contributed by atoms with Crippen molar-refractivity contribution in [1.82, 2.24) is 10.2 Å². The van der Waals surface area contributed by atoms with Crippen LogP contribution in [-0.2, 0) is 14.4 Å². The Bertz CT molecular complexity index is 467. The fourth-order valence-corrected chi connectivity index (χ4v) is 2.31. The number of amides is 2. The minimum Gasteiger partial charge on any atom is -0.481 e. The molecule has 1 saturated heterocycles. The zero-order chi connectivity index (χ0) is 17.1. The standard InChI is InChI=1S/C13H19F3N2O4/c1-3-12(2,5-10(20)21)17-11(22)8-4-9(19)18(6-8)7-13(14,15)16/h8H,3-7H2,1-2H3,(H,17,22)(H,20,21)/t8-,12-/m1/s1. The molecule has 2 amide bonds. The summed E-state index contributed by atoms with van der Waals surface area (Å²) >= 11 is 0. The third kappa shape index (κ3) is 5.19. The summed E-state index contributed by atoms with van der Waals surface area (Å²) in [6.45, 7) is 1.55. The smallest absolute Gasteiger partial charge is 0.406 e. The van der Waals surface area contributed by atoms with Crippen molar-refractivity contribution in [3.8, 4) is 0 Å². The van der Waals surface area contributed by atoms with Gasteiger partial charge in [-0.2, -0.15) is 13.2 Å². The Labute approximate surface area is 125 Å². The number of hydrogen-bond acceptors (Lipinski definition) is 3. The van der Waals surface area contributed by atoms with Crippen molar-refractivity contribution in [3.05, 3.63) is 0 Å². The maximum atomic E-state index is 12.3. The topological polar surface area (TPSA) is 86.7 Å². The third-order valence-electron chi connectivity index (χ3n) is 3.70. The summed E-state index contributed by atoms with van der Waals surface area (Å²) in [5.41, 5.74) is -0.997. The van der Waals surface area contributed by atoms with E-state index in [4.69, 9.17) is 5.11 Å². The van der Waals surface area contributed by atoms with Crippen LogP contribution in [0.2, 0.25) is 0 Å². The second-order valence-corrected chi connectivity index (χ2v) is 5.76. The molecule has 9 heteroatoms. The van der Waals surface area contributed by atoms with Crippen LogP contribution in [0.1, 0.15) is 33.1 Å². The van der Waals surface area contributed by atoms with Crippen LogP contribution >= 0.6 is 0 Å². The molecule has 1 rings (SSSR count). The van der Waals surface area contributed by atoms with Gasteiger partial charge in [-0.3, -0.25) is 14.4 Å². The molecule has 0 aromatic heterocycles. The van der Waals surface area contributed by atoms with Gasteiger partial charge in [-0.05, 0) is 13.3 Å². The van der Waals surface area contributed by atoms with E-state index in [1.165, 1.54) is 0 Å². The normalized spacial score (nSPS) is 21.6. The highest BCUT2D eigenvalue weighted by molar-refractivity contribution is 5.89. The summed E-state index contributed by atoms with van der Waals surface area (Å²) in [5, 5.41) is 11.4. The van der Waals surface area contributed by atoms with Crippen LogP contribution in [0.3, 0.4) is 0 Å². The molecule has 1 aliphatic heterocycles. The van der Waals surface area contributed by atoms with Gasteiger partial charge in [0.15, 0.2) is 0 Å². The summed E-state index contributed by atoms with van der Waals surface area (Å²) in [5.74, 6) is -3.31. The highest BCUT2D eigenvalue weighted by Gasteiger charge is 2.41. The van der Waals surface area contributed by atoms with Crippen molar-refractivity contribution >= 4 is 17.8 Å². The van der Waals surface area contributed by atoms with E-state index in [2.05, 4.69) is 5.32 Å². The minimum atomic E-state index is -4.51. The molecule has 1 heterocycles. The van der Waals surface area contributed by atoms with Crippen molar-refractivity contribution in [3.63, 3.8) is 0 Å². The summed E-state index contributed by atoms with van der Waals surface area (Å²) in [7, 11) is 0. The number of likely N-dealkylation sites (tertiary alicyclic amines) is 1. The van der Waals surface area contributed by atoms with E-state index in [1.54, 1.807) is 13.8 Å². The van der Waals surface area contributed by atoms with Crippen molar-refractivity contribution in [2.45, 2.75) is 44.8 Å². The van der Waals surface area contributed by atoms with Gasteiger partial charge < -0.3 is 15.3 Å². The van der Waals surface area contributed by atoms with E-state index < -0.39 is 42.0 Å². The molecule has 0 spiro atoms. The molecule has 0 aromatic rings. The van der Waals surface area contributed by atoms with Crippen LogP contribution in [0.15, 0.2) is 0 Å². The fraction of sp³-hybridized carbons (Fsp3) is 0.769. The Morgan fingerprint density at radius 2 is 2.00 bits per heavy atom. The molecule has 0 bridgehead atoms. The lowest BCUT2D eigenvalue weighted by molar-refractivity contribution is -0.157. The molecule has 0 saturated carbocycles. The molecule has 1 aliphatic rings. The first-order valence-corrected chi connectivity index (χ1v) is 6.84. The summed E-state index contributed by atoms with van der Waals surface area (Å²) in [6, 6.07) is 0. The van der Waals surface area contributed by atoms with Crippen molar-refractivity contribution in [2.75, 3.05) is 13.1 Å². The first-order valence-electron chi connectivity index (χ1n) is 6.84. The molecule has 0 aliphatic carbocycles. The van der Waals surface area contributed by atoms with Gasteiger partial charge in [0, 0.05) is 18.5 Å². The second-order valence-electron chi connectivity index (χ2n) is 5.76. The van der Waals surface area contributed by atoms with Crippen LogP contribution in [0, 0.1) is 5.92 Å². The summed E-state index contributed by atoms with van der Waals surface area (Å²) in [4.78, 5) is 35.0. The Morgan fingerprint density at radius 1 is 1.41 bits per heavy atom. The molecule has 0 aromatic carbocycles. The van der Waals surface area contributed by atoms with Crippen molar-refractivity contribution in [2.24, 2.45) is 5.92 Å². The van der Waals surface area contributed by atoms with Gasteiger partial charge in [-0.1, -0.05) is 6.92 Å². The Kier molecular flexibility index (Phi) is 5.42. The Balaban J connectivity index is 2.67. The molecule has 22 heavy (non-hydrogen) atoms. The molecule has 0 radical (unpaired) electrons. The molecule has 126 valence electrons. The van der Waals surface area contributed by atoms with E-state index in [9.17, 15) is 27.6 Å². The molecular weight excluding hydrogens is 305 g/mol. The molecule has 6 nitrogen and oxygen atoms in total. The van der Waals surface area contributed by atoms with Gasteiger partial charge in [0.05, 0.1) is 12.3 Å².